The average Bonchev–Trinajstić information content (AvgIpc) is 3.00. The van der Waals surface area contributed by atoms with Crippen molar-refractivity contribution in [2.75, 3.05) is 26.2 Å². The average molecular weight is 329 g/mol. The fourth-order valence-electron chi connectivity index (χ4n) is 2.68. The van der Waals surface area contributed by atoms with Gasteiger partial charge in [0.2, 0.25) is 5.91 Å². The molecule has 0 radical (unpaired) electrons. The normalized spacial score (nSPS) is 14.8. The number of thiazole rings is 1. The van der Waals surface area contributed by atoms with Crippen LogP contribution in [0.5, 0.6) is 0 Å². The standard InChI is InChI=1S/C17H19N3O2S/c1-13-18-15(12-23-13)11-16(21)19-7-9-20(10-8-19)17(22)14-5-3-2-4-6-14/h2-6,12H,7-11H2,1H3. The molecule has 0 saturated carbocycles. The molecule has 2 amide bonds. The molecule has 120 valence electrons. The van der Waals surface area contributed by atoms with Crippen molar-refractivity contribution in [3.8, 4) is 0 Å². The van der Waals surface area contributed by atoms with Crippen LogP contribution in [0.4, 0.5) is 0 Å². The number of rotatable bonds is 3. The van der Waals surface area contributed by atoms with Gasteiger partial charge in [-0.25, -0.2) is 4.98 Å². The van der Waals surface area contributed by atoms with Crippen LogP contribution in [0.2, 0.25) is 0 Å². The van der Waals surface area contributed by atoms with E-state index in [1.165, 1.54) is 0 Å². The van der Waals surface area contributed by atoms with E-state index in [1.807, 2.05) is 52.4 Å². The number of benzene rings is 1. The maximum absolute atomic E-state index is 12.4. The van der Waals surface area contributed by atoms with Crippen LogP contribution < -0.4 is 0 Å². The number of nitrogens with zero attached hydrogens (tertiary/aromatic N) is 3. The fourth-order valence-corrected chi connectivity index (χ4v) is 3.29. The van der Waals surface area contributed by atoms with Crippen LogP contribution in [-0.2, 0) is 11.2 Å². The molecule has 5 nitrogen and oxygen atoms in total. The monoisotopic (exact) mass is 329 g/mol. The largest absolute Gasteiger partial charge is 0.339 e. The molecule has 0 spiro atoms. The Morgan fingerprint density at radius 2 is 1.74 bits per heavy atom. The van der Waals surface area contributed by atoms with Crippen LogP contribution in [0, 0.1) is 6.92 Å². The third kappa shape index (κ3) is 3.76. The van der Waals surface area contributed by atoms with E-state index in [0.29, 0.717) is 38.2 Å². The van der Waals surface area contributed by atoms with E-state index in [4.69, 9.17) is 0 Å². The summed E-state index contributed by atoms with van der Waals surface area (Å²) >= 11 is 1.56. The quantitative estimate of drug-likeness (QED) is 0.865. The number of amides is 2. The van der Waals surface area contributed by atoms with Gasteiger partial charge in [0.15, 0.2) is 0 Å². The summed E-state index contributed by atoms with van der Waals surface area (Å²) < 4.78 is 0. The van der Waals surface area contributed by atoms with E-state index in [0.717, 1.165) is 10.7 Å². The molecular weight excluding hydrogens is 310 g/mol. The first-order valence-corrected chi connectivity index (χ1v) is 8.54. The second kappa shape index (κ2) is 6.91. The predicted molar refractivity (Wildman–Crippen MR) is 89.5 cm³/mol. The molecule has 1 saturated heterocycles. The topological polar surface area (TPSA) is 53.5 Å². The number of hydrogen-bond donors (Lipinski definition) is 0. The third-order valence-electron chi connectivity index (χ3n) is 3.94. The lowest BCUT2D eigenvalue weighted by Crippen LogP contribution is -2.51. The SMILES string of the molecule is Cc1nc(CC(=O)N2CCN(C(=O)c3ccccc3)CC2)cs1. The van der Waals surface area contributed by atoms with Crippen LogP contribution in [0.15, 0.2) is 35.7 Å². The van der Waals surface area contributed by atoms with Gasteiger partial charge in [-0.3, -0.25) is 9.59 Å². The van der Waals surface area contributed by atoms with Crippen LogP contribution in [0.3, 0.4) is 0 Å². The molecule has 1 aliphatic heterocycles. The molecule has 0 aliphatic carbocycles. The highest BCUT2D eigenvalue weighted by Crippen LogP contribution is 2.12. The molecule has 3 rings (SSSR count). The van der Waals surface area contributed by atoms with Crippen LogP contribution in [-0.4, -0.2) is 52.8 Å². The summed E-state index contributed by atoms with van der Waals surface area (Å²) in [6, 6.07) is 9.27. The number of piperazine rings is 1. The highest BCUT2D eigenvalue weighted by Gasteiger charge is 2.25. The Morgan fingerprint density at radius 1 is 1.09 bits per heavy atom. The van der Waals surface area contributed by atoms with Gasteiger partial charge < -0.3 is 9.80 Å². The first-order valence-electron chi connectivity index (χ1n) is 7.66. The van der Waals surface area contributed by atoms with Gasteiger partial charge in [0.25, 0.3) is 5.91 Å². The zero-order valence-electron chi connectivity index (χ0n) is 13.1. The Labute approximate surface area is 139 Å². The summed E-state index contributed by atoms with van der Waals surface area (Å²) in [7, 11) is 0. The lowest BCUT2D eigenvalue weighted by molar-refractivity contribution is -0.132. The Morgan fingerprint density at radius 3 is 2.35 bits per heavy atom. The molecule has 1 aromatic carbocycles. The number of carbonyl (C=O) groups excluding carboxylic acids is 2. The van der Waals surface area contributed by atoms with E-state index in [9.17, 15) is 9.59 Å². The minimum absolute atomic E-state index is 0.0350. The van der Waals surface area contributed by atoms with Crippen molar-refractivity contribution in [2.24, 2.45) is 0 Å². The van der Waals surface area contributed by atoms with Gasteiger partial charge >= 0.3 is 0 Å². The summed E-state index contributed by atoms with van der Waals surface area (Å²) in [5.74, 6) is 0.120. The van der Waals surface area contributed by atoms with E-state index in [2.05, 4.69) is 4.98 Å². The van der Waals surface area contributed by atoms with Gasteiger partial charge in [-0.15, -0.1) is 11.3 Å². The van der Waals surface area contributed by atoms with Gasteiger partial charge in [0, 0.05) is 37.1 Å². The Bertz CT molecular complexity index is 691. The summed E-state index contributed by atoms with van der Waals surface area (Å²) in [5.41, 5.74) is 1.53. The number of aromatic nitrogens is 1. The Balaban J connectivity index is 1.54. The number of carbonyl (C=O) groups is 2. The zero-order valence-corrected chi connectivity index (χ0v) is 13.9. The smallest absolute Gasteiger partial charge is 0.253 e. The number of hydrogen-bond acceptors (Lipinski definition) is 4. The molecule has 23 heavy (non-hydrogen) atoms. The highest BCUT2D eigenvalue weighted by atomic mass is 32.1. The molecule has 2 aromatic rings. The number of aryl methyl sites for hydroxylation is 1. The van der Waals surface area contributed by atoms with Crippen molar-refractivity contribution >= 4 is 23.2 Å². The van der Waals surface area contributed by atoms with Crippen LogP contribution >= 0.6 is 11.3 Å². The molecular formula is C17H19N3O2S. The molecule has 1 aliphatic rings. The van der Waals surface area contributed by atoms with Crippen LogP contribution in [0.25, 0.3) is 0 Å². The molecule has 0 bridgehead atoms. The van der Waals surface area contributed by atoms with Crippen molar-refractivity contribution < 1.29 is 9.59 Å². The third-order valence-corrected chi connectivity index (χ3v) is 4.76. The molecule has 1 fully saturated rings. The van der Waals surface area contributed by atoms with Gasteiger partial charge in [-0.2, -0.15) is 0 Å². The second-order valence-corrected chi connectivity index (χ2v) is 6.64. The second-order valence-electron chi connectivity index (χ2n) is 5.57. The molecule has 6 heteroatoms. The van der Waals surface area contributed by atoms with Gasteiger partial charge in [0.05, 0.1) is 17.1 Å². The summed E-state index contributed by atoms with van der Waals surface area (Å²) in [4.78, 5) is 32.7. The molecule has 0 N–H and O–H groups in total. The molecule has 2 heterocycles. The molecule has 1 aromatic heterocycles. The van der Waals surface area contributed by atoms with E-state index in [1.54, 1.807) is 11.3 Å². The summed E-state index contributed by atoms with van der Waals surface area (Å²) in [6.07, 6.45) is 0.344. The van der Waals surface area contributed by atoms with Crippen molar-refractivity contribution in [2.45, 2.75) is 13.3 Å². The lowest BCUT2D eigenvalue weighted by Gasteiger charge is -2.34. The predicted octanol–water partition coefficient (Wildman–Crippen LogP) is 1.98. The molecule has 0 unspecified atom stereocenters. The minimum atomic E-state index is 0.0350. The Kier molecular flexibility index (Phi) is 4.71. The van der Waals surface area contributed by atoms with Gasteiger partial charge in [-0.1, -0.05) is 18.2 Å². The van der Waals surface area contributed by atoms with Gasteiger partial charge in [0.1, 0.15) is 0 Å². The van der Waals surface area contributed by atoms with Crippen molar-refractivity contribution in [3.63, 3.8) is 0 Å². The minimum Gasteiger partial charge on any atom is -0.339 e. The van der Waals surface area contributed by atoms with Crippen molar-refractivity contribution in [1.82, 2.24) is 14.8 Å². The van der Waals surface area contributed by atoms with Crippen molar-refractivity contribution in [3.05, 3.63) is 52.0 Å². The van der Waals surface area contributed by atoms with Crippen LogP contribution in [0.1, 0.15) is 21.1 Å². The summed E-state index contributed by atoms with van der Waals surface area (Å²) in [5, 5.41) is 2.91. The highest BCUT2D eigenvalue weighted by molar-refractivity contribution is 7.09. The van der Waals surface area contributed by atoms with E-state index >= 15 is 0 Å². The van der Waals surface area contributed by atoms with Gasteiger partial charge in [-0.05, 0) is 19.1 Å². The zero-order chi connectivity index (χ0) is 16.2. The van der Waals surface area contributed by atoms with Crippen molar-refractivity contribution in [1.29, 1.82) is 0 Å². The maximum atomic E-state index is 12.4. The van der Waals surface area contributed by atoms with E-state index < -0.39 is 0 Å². The fraction of sp³-hybridized carbons (Fsp3) is 0.353. The Hall–Kier alpha value is -2.21. The van der Waals surface area contributed by atoms with E-state index in [-0.39, 0.29) is 11.8 Å². The first-order chi connectivity index (χ1) is 11.1. The summed E-state index contributed by atoms with van der Waals surface area (Å²) in [6.45, 7) is 4.26. The maximum Gasteiger partial charge on any atom is 0.253 e. The first kappa shape index (κ1) is 15.7. The lowest BCUT2D eigenvalue weighted by atomic mass is 10.2. The molecule has 0 atom stereocenters.